The molecule has 0 fully saturated rings. The van der Waals surface area contributed by atoms with Crippen LogP contribution in [0.2, 0.25) is 0 Å². The molecule has 23 heavy (non-hydrogen) atoms. The molecule has 0 aliphatic heterocycles. The Balaban J connectivity index is 0.00000484. The molecule has 0 amide bonds. The van der Waals surface area contributed by atoms with Gasteiger partial charge < -0.3 is 15.7 Å². The van der Waals surface area contributed by atoms with E-state index in [9.17, 15) is 0 Å². The predicted octanol–water partition coefficient (Wildman–Crippen LogP) is 3.47. The maximum atomic E-state index is 8.98. The Hall–Kier alpha value is -0.820. The summed E-state index contributed by atoms with van der Waals surface area (Å²) in [5, 5.41) is 15.7. The molecule has 1 unspecified atom stereocenters. The van der Waals surface area contributed by atoms with E-state index in [0.717, 1.165) is 31.9 Å². The minimum absolute atomic E-state index is 0. The van der Waals surface area contributed by atoms with Crippen molar-refractivity contribution in [2.45, 2.75) is 46.6 Å². The summed E-state index contributed by atoms with van der Waals surface area (Å²) in [5.74, 6) is 1.29. The Labute approximate surface area is 158 Å². The number of hydrogen-bond acceptors (Lipinski definition) is 2. The lowest BCUT2D eigenvalue weighted by atomic mass is 10.1. The topological polar surface area (TPSA) is 56.7 Å². The van der Waals surface area contributed by atoms with Gasteiger partial charge in [0.05, 0.1) is 6.54 Å². The molecule has 1 rings (SSSR count). The van der Waals surface area contributed by atoms with E-state index in [2.05, 4.69) is 60.7 Å². The zero-order chi connectivity index (χ0) is 16.2. The third kappa shape index (κ3) is 10.5. The second kappa shape index (κ2) is 13.6. The first kappa shape index (κ1) is 22.2. The van der Waals surface area contributed by atoms with Crippen LogP contribution in [0.15, 0.2) is 29.3 Å². The average molecular weight is 433 g/mol. The normalized spacial score (nSPS) is 12.4. The number of aryl methyl sites for hydroxylation is 1. The summed E-state index contributed by atoms with van der Waals surface area (Å²) in [5.41, 5.74) is 2.48. The van der Waals surface area contributed by atoms with E-state index < -0.39 is 0 Å². The summed E-state index contributed by atoms with van der Waals surface area (Å²) in [7, 11) is 0. The van der Waals surface area contributed by atoms with Gasteiger partial charge in [-0.1, -0.05) is 50.1 Å². The van der Waals surface area contributed by atoms with Gasteiger partial charge in [-0.2, -0.15) is 0 Å². The van der Waals surface area contributed by atoms with E-state index in [-0.39, 0.29) is 30.6 Å². The third-order valence-electron chi connectivity index (χ3n) is 3.60. The number of unbranched alkanes of at least 4 members (excludes halogenated alkanes) is 1. The lowest BCUT2D eigenvalue weighted by molar-refractivity contribution is 0.262. The van der Waals surface area contributed by atoms with Crippen molar-refractivity contribution in [3.63, 3.8) is 0 Å². The Kier molecular flexibility index (Phi) is 13.1. The van der Waals surface area contributed by atoms with Crippen molar-refractivity contribution in [1.29, 1.82) is 0 Å². The second-order valence-electron chi connectivity index (χ2n) is 5.93. The summed E-state index contributed by atoms with van der Waals surface area (Å²) in [6.07, 6.45) is 3.11. The van der Waals surface area contributed by atoms with Crippen LogP contribution in [0.3, 0.4) is 0 Å². The molecule has 0 spiro atoms. The first-order valence-electron chi connectivity index (χ1n) is 8.34. The quantitative estimate of drug-likeness (QED) is 0.242. The molecule has 0 heterocycles. The Morgan fingerprint density at radius 1 is 1.22 bits per heavy atom. The minimum Gasteiger partial charge on any atom is -0.396 e. The highest BCUT2D eigenvalue weighted by Crippen LogP contribution is 2.04. The van der Waals surface area contributed by atoms with Crippen LogP contribution in [0, 0.1) is 12.8 Å². The number of aliphatic imine (C=N–C) groups is 1. The van der Waals surface area contributed by atoms with Crippen molar-refractivity contribution in [2.75, 3.05) is 19.7 Å². The van der Waals surface area contributed by atoms with Crippen molar-refractivity contribution in [3.8, 4) is 0 Å². The molecule has 0 aliphatic carbocycles. The molecule has 0 saturated carbocycles. The van der Waals surface area contributed by atoms with E-state index in [1.54, 1.807) is 0 Å². The fourth-order valence-electron chi connectivity index (χ4n) is 2.02. The van der Waals surface area contributed by atoms with E-state index in [0.29, 0.717) is 12.5 Å². The van der Waals surface area contributed by atoms with Gasteiger partial charge in [-0.25, -0.2) is 4.99 Å². The lowest BCUT2D eigenvalue weighted by Gasteiger charge is -2.16. The van der Waals surface area contributed by atoms with Crippen LogP contribution in [0.5, 0.6) is 0 Å². The van der Waals surface area contributed by atoms with Gasteiger partial charge in [-0.15, -0.1) is 24.0 Å². The molecular formula is C18H32IN3O. The zero-order valence-corrected chi connectivity index (χ0v) is 17.0. The van der Waals surface area contributed by atoms with Crippen molar-refractivity contribution >= 4 is 29.9 Å². The van der Waals surface area contributed by atoms with Crippen LogP contribution in [-0.4, -0.2) is 30.8 Å². The first-order valence-corrected chi connectivity index (χ1v) is 8.34. The van der Waals surface area contributed by atoms with Crippen LogP contribution >= 0.6 is 24.0 Å². The van der Waals surface area contributed by atoms with Gasteiger partial charge in [-0.3, -0.25) is 0 Å². The lowest BCUT2D eigenvalue weighted by Crippen LogP contribution is -2.40. The maximum absolute atomic E-state index is 8.98. The second-order valence-corrected chi connectivity index (χ2v) is 5.93. The summed E-state index contributed by atoms with van der Waals surface area (Å²) in [6, 6.07) is 8.48. The van der Waals surface area contributed by atoms with Gasteiger partial charge in [0.15, 0.2) is 5.96 Å². The summed E-state index contributed by atoms with van der Waals surface area (Å²) in [4.78, 5) is 4.66. The largest absolute Gasteiger partial charge is 0.396 e. The number of hydrogen-bond donors (Lipinski definition) is 3. The number of guanidine groups is 1. The number of nitrogens with zero attached hydrogens (tertiary/aromatic N) is 1. The molecule has 0 aromatic heterocycles. The van der Waals surface area contributed by atoms with E-state index in [1.807, 2.05) is 0 Å². The van der Waals surface area contributed by atoms with Crippen LogP contribution in [0.25, 0.3) is 0 Å². The van der Waals surface area contributed by atoms with Gasteiger partial charge in [0.1, 0.15) is 0 Å². The molecule has 0 bridgehead atoms. The van der Waals surface area contributed by atoms with Crippen LogP contribution in [-0.2, 0) is 6.54 Å². The van der Waals surface area contributed by atoms with Gasteiger partial charge in [0.25, 0.3) is 0 Å². The molecule has 1 aromatic carbocycles. The first-order chi connectivity index (χ1) is 10.7. The highest BCUT2D eigenvalue weighted by molar-refractivity contribution is 14.0. The van der Waals surface area contributed by atoms with Crippen LogP contribution in [0.4, 0.5) is 0 Å². The molecule has 0 aliphatic rings. The Morgan fingerprint density at radius 3 is 2.52 bits per heavy atom. The maximum Gasteiger partial charge on any atom is 0.191 e. The highest BCUT2D eigenvalue weighted by Gasteiger charge is 2.03. The standard InChI is InChI=1S/C18H31N3O.HI/c1-4-5-11-19-18(20-13-16(3)10-12-22)21-14-17-8-6-15(2)7-9-17;/h6-9,16,22H,4-5,10-14H2,1-3H3,(H2,19,20,21);1H. The van der Waals surface area contributed by atoms with Crippen molar-refractivity contribution in [3.05, 3.63) is 35.4 Å². The van der Waals surface area contributed by atoms with Gasteiger partial charge in [0.2, 0.25) is 0 Å². The predicted molar refractivity (Wildman–Crippen MR) is 110 cm³/mol. The molecule has 4 nitrogen and oxygen atoms in total. The Bertz CT molecular complexity index is 434. The molecule has 1 atom stereocenters. The molecule has 132 valence electrons. The molecule has 0 saturated heterocycles. The monoisotopic (exact) mass is 433 g/mol. The fourth-order valence-corrected chi connectivity index (χ4v) is 2.02. The minimum atomic E-state index is 0. The van der Waals surface area contributed by atoms with Gasteiger partial charge in [0, 0.05) is 19.7 Å². The molecule has 5 heteroatoms. The van der Waals surface area contributed by atoms with Crippen LogP contribution < -0.4 is 10.6 Å². The molecule has 0 radical (unpaired) electrons. The number of aliphatic hydroxyl groups excluding tert-OH is 1. The zero-order valence-electron chi connectivity index (χ0n) is 14.6. The average Bonchev–Trinajstić information content (AvgIpc) is 2.51. The highest BCUT2D eigenvalue weighted by atomic mass is 127. The summed E-state index contributed by atoms with van der Waals surface area (Å²) < 4.78 is 0. The number of benzene rings is 1. The fraction of sp³-hybridized carbons (Fsp3) is 0.611. The molecule has 1 aromatic rings. The van der Waals surface area contributed by atoms with Crippen LogP contribution in [0.1, 0.15) is 44.2 Å². The van der Waals surface area contributed by atoms with Crippen molar-refractivity contribution in [1.82, 2.24) is 10.6 Å². The number of nitrogens with one attached hydrogen (secondary N) is 2. The smallest absolute Gasteiger partial charge is 0.191 e. The van der Waals surface area contributed by atoms with Gasteiger partial charge >= 0.3 is 0 Å². The number of rotatable bonds is 9. The van der Waals surface area contributed by atoms with Crippen molar-refractivity contribution in [2.24, 2.45) is 10.9 Å². The van der Waals surface area contributed by atoms with E-state index >= 15 is 0 Å². The SMILES string of the molecule is CCCCNC(=NCc1ccc(C)cc1)NCC(C)CCO.I. The van der Waals surface area contributed by atoms with E-state index in [4.69, 9.17) is 5.11 Å². The summed E-state index contributed by atoms with van der Waals surface area (Å²) >= 11 is 0. The van der Waals surface area contributed by atoms with Crippen molar-refractivity contribution < 1.29 is 5.11 Å². The molecule has 3 N–H and O–H groups in total. The summed E-state index contributed by atoms with van der Waals surface area (Å²) in [6.45, 7) is 9.08. The number of halogens is 1. The van der Waals surface area contributed by atoms with E-state index in [1.165, 1.54) is 17.5 Å². The molecular weight excluding hydrogens is 401 g/mol. The third-order valence-corrected chi connectivity index (χ3v) is 3.60. The Morgan fingerprint density at radius 2 is 1.91 bits per heavy atom. The van der Waals surface area contributed by atoms with Gasteiger partial charge in [-0.05, 0) is 31.2 Å². The number of aliphatic hydroxyl groups is 1.